The molecule has 2 heterocycles. The number of nitrogens with zero attached hydrogens (tertiary/aromatic N) is 2. The maximum Gasteiger partial charge on any atom is 1.00 e. The zero-order chi connectivity index (χ0) is 49.9. The monoisotopic (exact) mass is 1090 g/mol. The van der Waals surface area contributed by atoms with Gasteiger partial charge in [-0.2, -0.15) is 0 Å². The van der Waals surface area contributed by atoms with Gasteiger partial charge in [0.1, 0.15) is 46.1 Å². The maximum atomic E-state index is 14.1. The summed E-state index contributed by atoms with van der Waals surface area (Å²) in [6.07, 6.45) is 0.643. The summed E-state index contributed by atoms with van der Waals surface area (Å²) in [6, 6.07) is 32.3. The van der Waals surface area contributed by atoms with Crippen molar-refractivity contribution in [3.05, 3.63) is 191 Å². The van der Waals surface area contributed by atoms with Gasteiger partial charge in [-0.25, -0.2) is 35.9 Å². The van der Waals surface area contributed by atoms with Crippen molar-refractivity contribution in [3.8, 4) is 22.3 Å². The van der Waals surface area contributed by atoms with Gasteiger partial charge in [0.15, 0.2) is 0 Å². The van der Waals surface area contributed by atoms with Crippen LogP contribution in [0.2, 0.25) is 0 Å². The van der Waals surface area contributed by atoms with Crippen LogP contribution in [-0.2, 0) is 25.4 Å². The minimum absolute atomic E-state index is 0. The largest absolute Gasteiger partial charge is 1.00 e. The van der Waals surface area contributed by atoms with Crippen molar-refractivity contribution in [3.63, 3.8) is 0 Å². The van der Waals surface area contributed by atoms with Crippen LogP contribution in [0.5, 0.6) is 0 Å². The first-order valence-electron chi connectivity index (χ1n) is 22.3. The zero-order valence-corrected chi connectivity index (χ0v) is 43.7. The molecule has 2 aliphatic rings. The van der Waals surface area contributed by atoms with Gasteiger partial charge in [-0.15, -0.1) is 0 Å². The van der Waals surface area contributed by atoms with Crippen molar-refractivity contribution in [1.29, 1.82) is 0 Å². The van der Waals surface area contributed by atoms with Crippen LogP contribution in [0.3, 0.4) is 0 Å². The van der Waals surface area contributed by atoms with E-state index in [0.717, 1.165) is 28.8 Å². The van der Waals surface area contributed by atoms with E-state index in [1.54, 1.807) is 77.6 Å². The first-order chi connectivity index (χ1) is 33.2. The molecule has 70 heavy (non-hydrogen) atoms. The maximum absolute atomic E-state index is 14.1. The Balaban J connectivity index is 0.000000290. The molecule has 16 heteroatoms. The Labute approximate surface area is 441 Å². The second-order valence-electron chi connectivity index (χ2n) is 16.7. The number of hydrogen-bond donors (Lipinski definition) is 1. The van der Waals surface area contributed by atoms with E-state index < -0.39 is 46.7 Å². The summed E-state index contributed by atoms with van der Waals surface area (Å²) < 4.78 is 98.5. The quantitative estimate of drug-likeness (QED) is 0.0537. The molecule has 6 aromatic carbocycles. The summed E-state index contributed by atoms with van der Waals surface area (Å²) in [5.74, 6) is -3.28. The number of methoxy groups -OCH3 is 1. The molecule has 2 aliphatic heterocycles. The van der Waals surface area contributed by atoms with Crippen LogP contribution in [0.15, 0.2) is 133 Å². The van der Waals surface area contributed by atoms with E-state index >= 15 is 0 Å². The Bertz CT molecular complexity index is 2680. The molecule has 0 saturated carbocycles. The molecular weight excluding hydrogens is 1040 g/mol. The number of hydrogen-bond acceptors (Lipinski definition) is 6. The van der Waals surface area contributed by atoms with Crippen LogP contribution in [0.25, 0.3) is 22.3 Å². The first kappa shape index (κ1) is 56.0. The summed E-state index contributed by atoms with van der Waals surface area (Å²) in [5, 5.41) is 9.57. The average Bonchev–Trinajstić information content (AvgIpc) is 3.34. The first-order valence-corrected chi connectivity index (χ1v) is 24.4. The van der Waals surface area contributed by atoms with Gasteiger partial charge in [-0.3, -0.25) is 0 Å². The number of cyclic esters (lactones) is 2. The van der Waals surface area contributed by atoms with Crippen molar-refractivity contribution in [1.82, 2.24) is 9.80 Å². The molecule has 366 valence electrons. The van der Waals surface area contributed by atoms with Gasteiger partial charge in [0.2, 0.25) is 0 Å². The number of amides is 2. The molecule has 6 aromatic rings. The number of carbonyl (C=O) groups excluding carboxylic acids is 2. The topological polar surface area (TPSA) is 88.5 Å². The Morgan fingerprint density at radius 1 is 0.586 bits per heavy atom. The third-order valence-electron chi connectivity index (χ3n) is 12.7. The number of aliphatic hydroxyl groups is 1. The minimum Gasteiger partial charge on any atom is -1.00 e. The van der Waals surface area contributed by atoms with Gasteiger partial charge in [0, 0.05) is 75.7 Å². The van der Waals surface area contributed by atoms with E-state index in [1.807, 2.05) is 30.9 Å². The molecule has 8 rings (SSSR count). The van der Waals surface area contributed by atoms with Crippen molar-refractivity contribution in [2.45, 2.75) is 62.8 Å². The van der Waals surface area contributed by atoms with E-state index in [-0.39, 0.29) is 67.7 Å². The molecule has 0 radical (unpaired) electrons. The van der Waals surface area contributed by atoms with Crippen molar-refractivity contribution >= 4 is 34.8 Å². The Kier molecular flexibility index (Phi) is 20.4. The van der Waals surface area contributed by atoms with Gasteiger partial charge >= 0.3 is 41.7 Å². The average molecular weight is 1090 g/mol. The summed E-state index contributed by atoms with van der Waals surface area (Å²) >= 11 is 2.15. The van der Waals surface area contributed by atoms with Crippen molar-refractivity contribution in [2.24, 2.45) is 0 Å². The summed E-state index contributed by atoms with van der Waals surface area (Å²) in [7, 11) is 1.58. The number of alkyl halides is 1. The predicted octanol–water partition coefficient (Wildman–Crippen LogP) is 10.7. The van der Waals surface area contributed by atoms with E-state index in [2.05, 4.69) is 22.6 Å². The van der Waals surface area contributed by atoms with E-state index in [0.29, 0.717) is 66.8 Å². The van der Waals surface area contributed by atoms with E-state index in [1.165, 1.54) is 48.5 Å². The third-order valence-corrected chi connectivity index (χ3v) is 12.7. The number of rotatable bonds is 13. The Morgan fingerprint density at radius 2 is 0.943 bits per heavy atom. The van der Waals surface area contributed by atoms with Crippen LogP contribution in [-0.4, -0.2) is 65.4 Å². The number of carbonyl (C=O) groups is 2. The van der Waals surface area contributed by atoms with Crippen molar-refractivity contribution in [2.75, 3.05) is 38.3 Å². The molecule has 2 amide bonds. The molecule has 8 nitrogen and oxygen atoms in total. The SMILES string of the molecule is CI.COCC[C@]1(c2ccc(F)cc2)CCN([C@@H](C)c2ccc(-c3ccc(F)cc3F)cc2)C(=O)O1.C[C@@H](c1ccc(-c2ccc(F)cc2F)cc1)N1CC[C@](CCO)(c2ccc(F)cc2)OC1=O.[H-].[Na+]. The number of aliphatic hydroxyl groups excluding tert-OH is 1. The Morgan fingerprint density at radius 3 is 1.27 bits per heavy atom. The van der Waals surface area contributed by atoms with Crippen LogP contribution >= 0.6 is 22.6 Å². The summed E-state index contributed by atoms with van der Waals surface area (Å²) in [5.41, 5.74) is 2.97. The third kappa shape index (κ3) is 13.1. The molecular formula is C54H54F6IN2NaO6. The van der Waals surface area contributed by atoms with E-state index in [4.69, 9.17) is 14.2 Å². The minimum atomic E-state index is -1.01. The van der Waals surface area contributed by atoms with Gasteiger partial charge in [0.05, 0.1) is 18.7 Å². The fraction of sp³-hybridized carbons (Fsp3) is 0.296. The molecule has 0 unspecified atom stereocenters. The summed E-state index contributed by atoms with van der Waals surface area (Å²) in [6.45, 7) is 4.80. The van der Waals surface area contributed by atoms with Gasteiger partial charge < -0.3 is 30.5 Å². The summed E-state index contributed by atoms with van der Waals surface area (Å²) in [4.78, 5) is 31.3. The van der Waals surface area contributed by atoms with Crippen LogP contribution in [0.4, 0.5) is 35.9 Å². The fourth-order valence-corrected chi connectivity index (χ4v) is 8.73. The Hall–Kier alpha value is -4.91. The fourth-order valence-electron chi connectivity index (χ4n) is 8.73. The van der Waals surface area contributed by atoms with Gasteiger partial charge in [-0.1, -0.05) is 95.4 Å². The number of ether oxygens (including phenoxy) is 3. The molecule has 0 spiro atoms. The van der Waals surface area contributed by atoms with Gasteiger partial charge in [0.25, 0.3) is 0 Å². The number of benzene rings is 6. The molecule has 1 N–H and O–H groups in total. The molecule has 2 fully saturated rings. The van der Waals surface area contributed by atoms with Gasteiger partial charge in [-0.05, 0) is 101 Å². The predicted molar refractivity (Wildman–Crippen MR) is 261 cm³/mol. The second-order valence-corrected chi connectivity index (χ2v) is 16.7. The zero-order valence-electron chi connectivity index (χ0n) is 40.5. The van der Waals surface area contributed by atoms with Crippen LogP contribution in [0.1, 0.15) is 75.3 Å². The van der Waals surface area contributed by atoms with Crippen molar-refractivity contribution < 1.29 is 86.2 Å². The second kappa shape index (κ2) is 25.5. The van der Waals surface area contributed by atoms with E-state index in [9.17, 15) is 41.0 Å². The molecule has 4 atom stereocenters. The normalized spacial score (nSPS) is 18.5. The van der Waals surface area contributed by atoms with Crippen LogP contribution in [0, 0.1) is 34.9 Å². The molecule has 0 aromatic heterocycles. The standard InChI is InChI=1S/C27H26F3NO3.C26H24F3NO3.CH3I.Na.H/c1-18(19-3-5-20(6-4-19)24-12-11-23(29)17-25(24)30)31-15-13-27(14-16-33-2,34-26(31)32)21-7-9-22(28)10-8-21;1-17(18-2-4-19(5-3-18)23-11-10-22(28)16-24(23)29)30-14-12-26(13-15-31,33-25(30)32)20-6-8-21(27)9-7-20;1-2;;/h3-12,17-18H,13-16H2,1-2H3;2-11,16-17,31H,12-15H2,1H3;1H3;;/q;;;+1;-1/t18-,27-;17-,26-;;;/m00.../s1. The molecule has 2 saturated heterocycles. The number of halogens is 7. The molecule has 0 bridgehead atoms. The smallest absolute Gasteiger partial charge is 1.00 e. The van der Waals surface area contributed by atoms with Crippen LogP contribution < -0.4 is 29.6 Å². The molecule has 0 aliphatic carbocycles.